The zero-order valence-corrected chi connectivity index (χ0v) is 7.80. The molecule has 0 aliphatic heterocycles. The van der Waals surface area contributed by atoms with Crippen LogP contribution in [0.1, 0.15) is 46.5 Å². The highest BCUT2D eigenvalue weighted by Gasteiger charge is 2.27. The number of rotatable bonds is 5. The maximum Gasteiger partial charge on any atom is 0.164 e. The van der Waals surface area contributed by atoms with E-state index in [1.165, 1.54) is 0 Å². The van der Waals surface area contributed by atoms with E-state index in [4.69, 9.17) is 0 Å². The van der Waals surface area contributed by atoms with Crippen molar-refractivity contribution >= 4 is 0 Å². The lowest BCUT2D eigenvalue weighted by Gasteiger charge is -2.27. The molecule has 0 bridgehead atoms. The first-order valence-electron chi connectivity index (χ1n) is 4.49. The first-order valence-corrected chi connectivity index (χ1v) is 4.49. The van der Waals surface area contributed by atoms with Gasteiger partial charge in [0.2, 0.25) is 0 Å². The Bertz CT molecular complexity index is 99.7. The molecule has 2 nitrogen and oxygen atoms in total. The number of unbranched alkanes of at least 4 members (excludes halogenated alkanes) is 1. The first-order chi connectivity index (χ1) is 5.04. The van der Waals surface area contributed by atoms with Crippen molar-refractivity contribution in [3.05, 3.63) is 0 Å². The number of hydrogen-bond acceptors (Lipinski definition) is 2. The van der Waals surface area contributed by atoms with E-state index >= 15 is 0 Å². The molecule has 0 aromatic rings. The molecule has 0 aromatic heterocycles. The van der Waals surface area contributed by atoms with Crippen LogP contribution >= 0.6 is 0 Å². The molecule has 0 aromatic carbocycles. The number of hydrogen-bond donors (Lipinski definition) is 2. The molecule has 11 heavy (non-hydrogen) atoms. The minimum absolute atomic E-state index is 0.00699. The summed E-state index contributed by atoms with van der Waals surface area (Å²) in [7, 11) is 0. The van der Waals surface area contributed by atoms with E-state index in [1.54, 1.807) is 6.92 Å². The Kier molecular flexibility index (Phi) is 4.69. The Hall–Kier alpha value is -0.0800. The van der Waals surface area contributed by atoms with Crippen LogP contribution in [0.3, 0.4) is 0 Å². The summed E-state index contributed by atoms with van der Waals surface area (Å²) in [5.74, 6) is -1.46. The summed E-state index contributed by atoms with van der Waals surface area (Å²) in [6.07, 6.45) is 3.50. The van der Waals surface area contributed by atoms with E-state index < -0.39 is 5.79 Å². The highest BCUT2D eigenvalue weighted by atomic mass is 16.5. The third-order valence-corrected chi connectivity index (χ3v) is 2.30. The van der Waals surface area contributed by atoms with Crippen LogP contribution in [-0.2, 0) is 0 Å². The molecule has 0 saturated carbocycles. The Morgan fingerprint density at radius 1 is 1.27 bits per heavy atom. The lowest BCUT2D eigenvalue weighted by molar-refractivity contribution is -0.199. The fourth-order valence-corrected chi connectivity index (χ4v) is 1.09. The summed E-state index contributed by atoms with van der Waals surface area (Å²) in [6, 6.07) is 0. The smallest absolute Gasteiger partial charge is 0.164 e. The predicted octanol–water partition coefficient (Wildman–Crippen LogP) is 1.90. The summed E-state index contributed by atoms with van der Waals surface area (Å²) in [5, 5.41) is 18.7. The van der Waals surface area contributed by atoms with Gasteiger partial charge in [0.15, 0.2) is 5.79 Å². The van der Waals surface area contributed by atoms with Crippen LogP contribution in [0.25, 0.3) is 0 Å². The van der Waals surface area contributed by atoms with Crippen LogP contribution in [0.15, 0.2) is 0 Å². The molecular weight excluding hydrogens is 140 g/mol. The van der Waals surface area contributed by atoms with Gasteiger partial charge in [-0.25, -0.2) is 0 Å². The minimum atomic E-state index is -1.45. The topological polar surface area (TPSA) is 40.5 Å². The van der Waals surface area contributed by atoms with Crippen molar-refractivity contribution in [1.29, 1.82) is 0 Å². The van der Waals surface area contributed by atoms with Gasteiger partial charge in [-0.05, 0) is 12.8 Å². The average molecular weight is 160 g/mol. The van der Waals surface area contributed by atoms with Gasteiger partial charge in [0.1, 0.15) is 0 Å². The van der Waals surface area contributed by atoms with Crippen LogP contribution in [0.4, 0.5) is 0 Å². The van der Waals surface area contributed by atoms with Gasteiger partial charge < -0.3 is 10.2 Å². The fourth-order valence-electron chi connectivity index (χ4n) is 1.09. The molecule has 2 heteroatoms. The molecule has 1 unspecified atom stereocenters. The van der Waals surface area contributed by atoms with Crippen LogP contribution in [0, 0.1) is 5.92 Å². The van der Waals surface area contributed by atoms with E-state index in [-0.39, 0.29) is 5.92 Å². The summed E-state index contributed by atoms with van der Waals surface area (Å²) in [4.78, 5) is 0. The first kappa shape index (κ1) is 10.9. The normalized spacial score (nSPS) is 15.0. The lowest BCUT2D eigenvalue weighted by atomic mass is 9.93. The summed E-state index contributed by atoms with van der Waals surface area (Å²) in [6.45, 7) is 5.79. The second-order valence-corrected chi connectivity index (χ2v) is 3.28. The molecule has 0 aliphatic carbocycles. The van der Waals surface area contributed by atoms with Crippen molar-refractivity contribution in [3.8, 4) is 0 Å². The molecule has 0 radical (unpaired) electrons. The van der Waals surface area contributed by atoms with Crippen molar-refractivity contribution in [1.82, 2.24) is 0 Å². The largest absolute Gasteiger partial charge is 0.365 e. The molecule has 0 heterocycles. The third kappa shape index (κ3) is 3.73. The van der Waals surface area contributed by atoms with Gasteiger partial charge in [-0.15, -0.1) is 0 Å². The zero-order chi connectivity index (χ0) is 8.91. The van der Waals surface area contributed by atoms with E-state index in [9.17, 15) is 10.2 Å². The van der Waals surface area contributed by atoms with Crippen molar-refractivity contribution in [2.45, 2.75) is 52.2 Å². The maximum atomic E-state index is 9.37. The predicted molar refractivity (Wildman–Crippen MR) is 46.1 cm³/mol. The summed E-state index contributed by atoms with van der Waals surface area (Å²) < 4.78 is 0. The van der Waals surface area contributed by atoms with Gasteiger partial charge in [-0.2, -0.15) is 0 Å². The van der Waals surface area contributed by atoms with Crippen LogP contribution < -0.4 is 0 Å². The van der Waals surface area contributed by atoms with Gasteiger partial charge in [-0.1, -0.05) is 33.6 Å². The summed E-state index contributed by atoms with van der Waals surface area (Å²) in [5.41, 5.74) is 0. The van der Waals surface area contributed by atoms with Gasteiger partial charge in [0, 0.05) is 5.92 Å². The Morgan fingerprint density at radius 3 is 2.18 bits per heavy atom. The molecule has 1 atom stereocenters. The molecule has 0 aliphatic rings. The van der Waals surface area contributed by atoms with E-state index in [0.29, 0.717) is 6.42 Å². The standard InChI is InChI=1S/C9H20O2/c1-4-6-7-8(3)9(10,11)5-2/h8,10-11H,4-7H2,1-3H3. The molecule has 68 valence electrons. The SMILES string of the molecule is CCCCC(C)C(O)(O)CC. The highest BCUT2D eigenvalue weighted by Crippen LogP contribution is 2.22. The van der Waals surface area contributed by atoms with Crippen LogP contribution in [0.2, 0.25) is 0 Å². The Morgan fingerprint density at radius 2 is 1.82 bits per heavy atom. The van der Waals surface area contributed by atoms with E-state index in [2.05, 4.69) is 6.92 Å². The molecule has 2 N–H and O–H groups in total. The second kappa shape index (κ2) is 4.73. The van der Waals surface area contributed by atoms with Gasteiger partial charge >= 0.3 is 0 Å². The van der Waals surface area contributed by atoms with Crippen LogP contribution in [0.5, 0.6) is 0 Å². The monoisotopic (exact) mass is 160 g/mol. The molecule has 0 saturated heterocycles. The minimum Gasteiger partial charge on any atom is -0.365 e. The van der Waals surface area contributed by atoms with Gasteiger partial charge in [0.05, 0.1) is 0 Å². The molecule has 0 spiro atoms. The Labute approximate surface area is 69.2 Å². The van der Waals surface area contributed by atoms with Crippen molar-refractivity contribution < 1.29 is 10.2 Å². The van der Waals surface area contributed by atoms with E-state index in [1.807, 2.05) is 6.92 Å². The van der Waals surface area contributed by atoms with Crippen molar-refractivity contribution in [2.75, 3.05) is 0 Å². The van der Waals surface area contributed by atoms with Crippen molar-refractivity contribution in [2.24, 2.45) is 5.92 Å². The van der Waals surface area contributed by atoms with Crippen molar-refractivity contribution in [3.63, 3.8) is 0 Å². The maximum absolute atomic E-state index is 9.37. The Balaban J connectivity index is 3.71. The van der Waals surface area contributed by atoms with Gasteiger partial charge in [-0.3, -0.25) is 0 Å². The lowest BCUT2D eigenvalue weighted by Crippen LogP contribution is -2.35. The fraction of sp³-hybridized carbons (Fsp3) is 1.00. The summed E-state index contributed by atoms with van der Waals surface area (Å²) >= 11 is 0. The second-order valence-electron chi connectivity index (χ2n) is 3.28. The van der Waals surface area contributed by atoms with Gasteiger partial charge in [0.25, 0.3) is 0 Å². The highest BCUT2D eigenvalue weighted by molar-refractivity contribution is 4.69. The average Bonchev–Trinajstić information content (AvgIpc) is 2.00. The molecule has 0 rings (SSSR count). The third-order valence-electron chi connectivity index (χ3n) is 2.30. The molecule has 0 amide bonds. The molecule has 0 fully saturated rings. The van der Waals surface area contributed by atoms with Crippen LogP contribution in [-0.4, -0.2) is 16.0 Å². The zero-order valence-electron chi connectivity index (χ0n) is 7.80. The van der Waals surface area contributed by atoms with E-state index in [0.717, 1.165) is 19.3 Å². The quantitative estimate of drug-likeness (QED) is 0.603. The molecular formula is C9H20O2. The number of aliphatic hydroxyl groups is 2.